The summed E-state index contributed by atoms with van der Waals surface area (Å²) in [5.74, 6) is -5.56. The molecule has 5 nitrogen and oxygen atoms in total. The van der Waals surface area contributed by atoms with Crippen LogP contribution in [0.4, 0.5) is 18.9 Å². The van der Waals surface area contributed by atoms with Gasteiger partial charge in [0, 0.05) is 12.0 Å². The molecule has 0 spiro atoms. The number of nitrogens with one attached hydrogen (secondary N) is 1. The summed E-state index contributed by atoms with van der Waals surface area (Å²) in [5.41, 5.74) is 6.11. The van der Waals surface area contributed by atoms with Crippen molar-refractivity contribution in [2.75, 3.05) is 7.05 Å². The molecule has 0 unspecified atom stereocenters. The zero-order chi connectivity index (χ0) is 12.3. The molecule has 1 rings (SSSR count). The van der Waals surface area contributed by atoms with E-state index in [1.165, 1.54) is 7.05 Å². The van der Waals surface area contributed by atoms with Crippen LogP contribution in [0.5, 0.6) is 0 Å². The second-order valence-electron chi connectivity index (χ2n) is 2.65. The first-order valence-electron chi connectivity index (χ1n) is 3.97. The van der Waals surface area contributed by atoms with E-state index in [4.69, 9.17) is 5.53 Å². The van der Waals surface area contributed by atoms with E-state index in [1.54, 1.807) is 0 Å². The summed E-state index contributed by atoms with van der Waals surface area (Å²) < 4.78 is 39.5. The highest BCUT2D eigenvalue weighted by molar-refractivity contribution is 5.94. The second kappa shape index (κ2) is 4.54. The van der Waals surface area contributed by atoms with Crippen LogP contribution >= 0.6 is 0 Å². The van der Waals surface area contributed by atoms with Crippen molar-refractivity contribution in [1.29, 1.82) is 0 Å². The first kappa shape index (κ1) is 11.9. The highest BCUT2D eigenvalue weighted by Gasteiger charge is 2.21. The predicted octanol–water partition coefficient (Wildman–Crippen LogP) is 2.41. The van der Waals surface area contributed by atoms with Crippen LogP contribution in [0.15, 0.2) is 11.2 Å². The van der Waals surface area contributed by atoms with E-state index >= 15 is 0 Å². The normalized spacial score (nSPS) is 9.50. The molecule has 0 heterocycles. The lowest BCUT2D eigenvalue weighted by atomic mass is 10.1. The molecule has 0 aliphatic rings. The van der Waals surface area contributed by atoms with Crippen LogP contribution in [0.3, 0.4) is 0 Å². The lowest BCUT2D eigenvalue weighted by Gasteiger charge is -2.05. The molecule has 0 saturated carbocycles. The fourth-order valence-electron chi connectivity index (χ4n) is 1.02. The Morgan fingerprint density at radius 1 is 1.44 bits per heavy atom. The number of rotatable bonds is 2. The number of nitrogens with zero attached hydrogens (tertiary/aromatic N) is 3. The molecule has 0 aliphatic heterocycles. The van der Waals surface area contributed by atoms with Gasteiger partial charge in [0.1, 0.15) is 11.5 Å². The van der Waals surface area contributed by atoms with Crippen molar-refractivity contribution in [2.24, 2.45) is 5.11 Å². The quantitative estimate of drug-likeness (QED) is 0.360. The third-order valence-electron chi connectivity index (χ3n) is 1.75. The Labute approximate surface area is 87.5 Å². The van der Waals surface area contributed by atoms with E-state index < -0.39 is 34.6 Å². The number of hydrogen-bond acceptors (Lipinski definition) is 2. The zero-order valence-electron chi connectivity index (χ0n) is 7.96. The Hall–Kier alpha value is -2.21. The Kier molecular flexibility index (Phi) is 3.37. The lowest BCUT2D eigenvalue weighted by molar-refractivity contribution is 0.0957. The summed E-state index contributed by atoms with van der Waals surface area (Å²) in [7, 11) is 1.18. The molecule has 0 aliphatic carbocycles. The largest absolute Gasteiger partial charge is 0.355 e. The van der Waals surface area contributed by atoms with Crippen LogP contribution in [0, 0.1) is 17.5 Å². The molecule has 1 N–H and O–H groups in total. The van der Waals surface area contributed by atoms with Gasteiger partial charge in [0.25, 0.3) is 5.91 Å². The van der Waals surface area contributed by atoms with Crippen molar-refractivity contribution in [2.45, 2.75) is 0 Å². The Balaban J connectivity index is 3.50. The van der Waals surface area contributed by atoms with Crippen molar-refractivity contribution >= 4 is 11.6 Å². The molecule has 1 aromatic rings. The van der Waals surface area contributed by atoms with E-state index in [0.29, 0.717) is 6.07 Å². The van der Waals surface area contributed by atoms with Crippen LogP contribution in [-0.4, -0.2) is 13.0 Å². The number of azide groups is 1. The van der Waals surface area contributed by atoms with Crippen LogP contribution in [0.1, 0.15) is 10.4 Å². The van der Waals surface area contributed by atoms with Crippen LogP contribution < -0.4 is 5.32 Å². The van der Waals surface area contributed by atoms with Crippen molar-refractivity contribution in [3.05, 3.63) is 39.5 Å². The molecule has 0 fully saturated rings. The zero-order valence-corrected chi connectivity index (χ0v) is 7.96. The number of hydrogen-bond donors (Lipinski definition) is 1. The number of amides is 1. The molecule has 0 aromatic heterocycles. The number of carbonyl (C=O) groups excluding carboxylic acids is 1. The Morgan fingerprint density at radius 2 is 2.06 bits per heavy atom. The van der Waals surface area contributed by atoms with Gasteiger partial charge in [0.2, 0.25) is 0 Å². The predicted molar refractivity (Wildman–Crippen MR) is 48.5 cm³/mol. The summed E-state index contributed by atoms with van der Waals surface area (Å²) in [6.07, 6.45) is 0. The van der Waals surface area contributed by atoms with Gasteiger partial charge in [-0.1, -0.05) is 5.11 Å². The fraction of sp³-hybridized carbons (Fsp3) is 0.125. The van der Waals surface area contributed by atoms with Crippen molar-refractivity contribution < 1.29 is 18.0 Å². The molecular weight excluding hydrogens is 225 g/mol. The summed E-state index contributed by atoms with van der Waals surface area (Å²) >= 11 is 0. The molecule has 16 heavy (non-hydrogen) atoms. The Bertz CT molecular complexity index is 497. The van der Waals surface area contributed by atoms with Gasteiger partial charge < -0.3 is 5.32 Å². The third-order valence-corrected chi connectivity index (χ3v) is 1.75. The summed E-state index contributed by atoms with van der Waals surface area (Å²) in [5, 5.41) is 4.66. The lowest BCUT2D eigenvalue weighted by Crippen LogP contribution is -2.20. The average molecular weight is 230 g/mol. The van der Waals surface area contributed by atoms with Gasteiger partial charge in [0.15, 0.2) is 11.6 Å². The molecule has 0 atom stereocenters. The number of carbonyl (C=O) groups is 1. The first-order valence-corrected chi connectivity index (χ1v) is 3.97. The fourth-order valence-corrected chi connectivity index (χ4v) is 1.02. The van der Waals surface area contributed by atoms with Crippen molar-refractivity contribution in [3.8, 4) is 0 Å². The van der Waals surface area contributed by atoms with E-state index in [2.05, 4.69) is 10.0 Å². The smallest absolute Gasteiger partial charge is 0.254 e. The SMILES string of the molecule is CNC(=O)c1cc(F)c(N=[N+]=[N-])c(F)c1F. The maximum atomic E-state index is 13.2. The van der Waals surface area contributed by atoms with E-state index in [1.807, 2.05) is 5.32 Å². The summed E-state index contributed by atoms with van der Waals surface area (Å²) in [6, 6.07) is 0.460. The van der Waals surface area contributed by atoms with Crippen LogP contribution in [0.25, 0.3) is 10.4 Å². The summed E-state index contributed by atoms with van der Waals surface area (Å²) in [4.78, 5) is 13.2. The van der Waals surface area contributed by atoms with E-state index in [9.17, 15) is 18.0 Å². The average Bonchev–Trinajstić information content (AvgIpc) is 2.28. The van der Waals surface area contributed by atoms with Gasteiger partial charge in [-0.3, -0.25) is 4.79 Å². The molecule has 84 valence electrons. The minimum atomic E-state index is -1.70. The number of benzene rings is 1. The maximum absolute atomic E-state index is 13.2. The molecule has 0 saturated heterocycles. The third kappa shape index (κ3) is 1.91. The van der Waals surface area contributed by atoms with Crippen LogP contribution in [0.2, 0.25) is 0 Å². The van der Waals surface area contributed by atoms with Crippen molar-refractivity contribution in [3.63, 3.8) is 0 Å². The van der Waals surface area contributed by atoms with Gasteiger partial charge >= 0.3 is 0 Å². The second-order valence-corrected chi connectivity index (χ2v) is 2.65. The van der Waals surface area contributed by atoms with Crippen LogP contribution in [-0.2, 0) is 0 Å². The van der Waals surface area contributed by atoms with Gasteiger partial charge in [-0.15, -0.1) is 0 Å². The van der Waals surface area contributed by atoms with Gasteiger partial charge in [0.05, 0.1) is 5.56 Å². The topological polar surface area (TPSA) is 77.9 Å². The maximum Gasteiger partial charge on any atom is 0.254 e. The highest BCUT2D eigenvalue weighted by Crippen LogP contribution is 2.27. The van der Waals surface area contributed by atoms with E-state index in [0.717, 1.165) is 0 Å². The van der Waals surface area contributed by atoms with Gasteiger partial charge in [-0.25, -0.2) is 13.2 Å². The number of halogens is 3. The molecule has 8 heteroatoms. The standard InChI is InChI=1S/C8H5F3N4O/c1-13-8(16)3-2-4(9)7(14-15-12)6(11)5(3)10/h2H,1H3,(H,13,16). The highest BCUT2D eigenvalue weighted by atomic mass is 19.2. The monoisotopic (exact) mass is 230 g/mol. The minimum Gasteiger partial charge on any atom is -0.355 e. The minimum absolute atomic E-state index is 0.460. The molecular formula is C8H5F3N4O. The van der Waals surface area contributed by atoms with E-state index in [-0.39, 0.29) is 0 Å². The summed E-state index contributed by atoms with van der Waals surface area (Å²) in [6.45, 7) is 0. The molecule has 0 radical (unpaired) electrons. The Morgan fingerprint density at radius 3 is 2.56 bits per heavy atom. The van der Waals surface area contributed by atoms with Gasteiger partial charge in [-0.05, 0) is 11.6 Å². The van der Waals surface area contributed by atoms with Crippen molar-refractivity contribution in [1.82, 2.24) is 5.32 Å². The first-order chi connectivity index (χ1) is 7.52. The molecule has 0 bridgehead atoms. The van der Waals surface area contributed by atoms with Gasteiger partial charge in [-0.2, -0.15) is 0 Å². The molecule has 1 aromatic carbocycles. The molecule has 1 amide bonds.